The van der Waals surface area contributed by atoms with Gasteiger partial charge < -0.3 is 5.11 Å². The summed E-state index contributed by atoms with van der Waals surface area (Å²) in [6.07, 6.45) is 0.122. The zero-order chi connectivity index (χ0) is 16.1. The van der Waals surface area contributed by atoms with Crippen molar-refractivity contribution in [2.45, 2.75) is 13.3 Å². The van der Waals surface area contributed by atoms with Gasteiger partial charge in [0.05, 0.1) is 6.42 Å². The minimum absolute atomic E-state index is 0.0279. The zero-order valence-corrected chi connectivity index (χ0v) is 12.6. The third-order valence-electron chi connectivity index (χ3n) is 3.06. The van der Waals surface area contributed by atoms with Crippen molar-refractivity contribution in [2.24, 2.45) is 0 Å². The van der Waals surface area contributed by atoms with Gasteiger partial charge in [0.2, 0.25) is 5.91 Å². The summed E-state index contributed by atoms with van der Waals surface area (Å²) in [5.74, 6) is -0.827. The number of phenols is 1. The van der Waals surface area contributed by atoms with E-state index in [0.717, 1.165) is 5.56 Å². The quantitative estimate of drug-likeness (QED) is 0.760. The molecule has 0 unspecified atom stereocenters. The number of amides is 2. The second-order valence-electron chi connectivity index (χ2n) is 4.81. The lowest BCUT2D eigenvalue weighted by Gasteiger charge is -2.08. The summed E-state index contributed by atoms with van der Waals surface area (Å²) in [6, 6.07) is 11.4. The molecule has 2 aromatic carbocycles. The van der Waals surface area contributed by atoms with E-state index in [1.54, 1.807) is 43.3 Å². The van der Waals surface area contributed by atoms with E-state index in [0.29, 0.717) is 10.6 Å². The van der Waals surface area contributed by atoms with E-state index >= 15 is 0 Å². The van der Waals surface area contributed by atoms with Crippen molar-refractivity contribution in [2.75, 3.05) is 0 Å². The number of phenolic OH excluding ortho intramolecular Hbond substituents is 1. The van der Waals surface area contributed by atoms with Gasteiger partial charge in [-0.05, 0) is 42.3 Å². The Labute approximate surface area is 132 Å². The number of rotatable bonds is 3. The number of carbonyl (C=O) groups excluding carboxylic acids is 2. The molecule has 0 bridgehead atoms. The Bertz CT molecular complexity index is 699. The minimum atomic E-state index is -0.500. The predicted molar refractivity (Wildman–Crippen MR) is 83.6 cm³/mol. The molecule has 0 atom stereocenters. The first-order chi connectivity index (χ1) is 10.5. The molecule has 0 aromatic heterocycles. The molecule has 114 valence electrons. The summed E-state index contributed by atoms with van der Waals surface area (Å²) in [5, 5.41) is 10.2. The van der Waals surface area contributed by atoms with Gasteiger partial charge in [-0.25, -0.2) is 0 Å². The van der Waals surface area contributed by atoms with E-state index in [1.807, 2.05) is 0 Å². The fourth-order valence-corrected chi connectivity index (χ4v) is 1.91. The Morgan fingerprint density at radius 1 is 1.09 bits per heavy atom. The van der Waals surface area contributed by atoms with Gasteiger partial charge >= 0.3 is 0 Å². The fourth-order valence-electron chi connectivity index (χ4n) is 1.78. The average molecular weight is 319 g/mol. The first kappa shape index (κ1) is 15.9. The number of hydrazine groups is 1. The Hall–Kier alpha value is -2.53. The van der Waals surface area contributed by atoms with Crippen LogP contribution in [0.25, 0.3) is 0 Å². The Morgan fingerprint density at radius 2 is 1.77 bits per heavy atom. The van der Waals surface area contributed by atoms with Gasteiger partial charge in [-0.1, -0.05) is 29.8 Å². The molecular weight excluding hydrogens is 304 g/mol. The first-order valence-corrected chi connectivity index (χ1v) is 6.97. The molecule has 22 heavy (non-hydrogen) atoms. The molecule has 0 saturated carbocycles. The maximum atomic E-state index is 11.9. The van der Waals surface area contributed by atoms with Crippen LogP contribution in [0.3, 0.4) is 0 Å². The van der Waals surface area contributed by atoms with Gasteiger partial charge in [0.1, 0.15) is 5.75 Å². The molecule has 3 N–H and O–H groups in total. The van der Waals surface area contributed by atoms with Crippen LogP contribution in [0.1, 0.15) is 21.5 Å². The number of hydrogen-bond donors (Lipinski definition) is 3. The molecule has 0 aliphatic heterocycles. The monoisotopic (exact) mass is 318 g/mol. The highest BCUT2D eigenvalue weighted by atomic mass is 35.5. The molecule has 2 aromatic rings. The standard InChI is InChI=1S/C16H15ClN2O3/c1-10-2-5-12(9-14(10)20)16(22)19-18-15(21)8-11-3-6-13(17)7-4-11/h2-7,9,20H,8H2,1H3,(H,18,21)(H,19,22). The lowest BCUT2D eigenvalue weighted by molar-refractivity contribution is -0.121. The molecule has 0 heterocycles. The van der Waals surface area contributed by atoms with E-state index in [-0.39, 0.29) is 23.6 Å². The molecule has 5 nitrogen and oxygen atoms in total. The molecule has 0 spiro atoms. The van der Waals surface area contributed by atoms with Crippen LogP contribution in [-0.2, 0) is 11.2 Å². The van der Waals surface area contributed by atoms with Crippen molar-refractivity contribution in [1.29, 1.82) is 0 Å². The van der Waals surface area contributed by atoms with Crippen LogP contribution in [-0.4, -0.2) is 16.9 Å². The summed E-state index contributed by atoms with van der Waals surface area (Å²) >= 11 is 5.76. The normalized spacial score (nSPS) is 10.1. The van der Waals surface area contributed by atoms with Crippen LogP contribution in [0.5, 0.6) is 5.75 Å². The lowest BCUT2D eigenvalue weighted by Crippen LogP contribution is -2.42. The summed E-state index contributed by atoms with van der Waals surface area (Å²) in [7, 11) is 0. The molecule has 0 saturated heterocycles. The van der Waals surface area contributed by atoms with Gasteiger partial charge in [0.15, 0.2) is 0 Å². The van der Waals surface area contributed by atoms with Crippen LogP contribution in [0.2, 0.25) is 5.02 Å². The van der Waals surface area contributed by atoms with Crippen molar-refractivity contribution in [1.82, 2.24) is 10.9 Å². The summed E-state index contributed by atoms with van der Waals surface area (Å²) in [5.41, 5.74) is 6.34. The third-order valence-corrected chi connectivity index (χ3v) is 3.32. The molecule has 0 fully saturated rings. The van der Waals surface area contributed by atoms with Crippen molar-refractivity contribution in [3.63, 3.8) is 0 Å². The smallest absolute Gasteiger partial charge is 0.269 e. The van der Waals surface area contributed by atoms with Crippen molar-refractivity contribution < 1.29 is 14.7 Å². The molecule has 0 aliphatic carbocycles. The van der Waals surface area contributed by atoms with Gasteiger partial charge in [-0.3, -0.25) is 20.4 Å². The van der Waals surface area contributed by atoms with Crippen LogP contribution in [0, 0.1) is 6.92 Å². The van der Waals surface area contributed by atoms with Crippen LogP contribution < -0.4 is 10.9 Å². The van der Waals surface area contributed by atoms with Crippen molar-refractivity contribution in [3.8, 4) is 5.75 Å². The number of aryl methyl sites for hydroxylation is 1. The Morgan fingerprint density at radius 3 is 2.41 bits per heavy atom. The van der Waals surface area contributed by atoms with Crippen LogP contribution in [0.15, 0.2) is 42.5 Å². The zero-order valence-electron chi connectivity index (χ0n) is 11.9. The number of hydrogen-bond acceptors (Lipinski definition) is 3. The summed E-state index contributed by atoms with van der Waals surface area (Å²) < 4.78 is 0. The van der Waals surface area contributed by atoms with E-state index in [9.17, 15) is 14.7 Å². The molecule has 2 amide bonds. The van der Waals surface area contributed by atoms with Crippen molar-refractivity contribution >= 4 is 23.4 Å². The largest absolute Gasteiger partial charge is 0.508 e. The molecular formula is C16H15ClN2O3. The number of carbonyl (C=O) groups is 2. The number of benzene rings is 2. The van der Waals surface area contributed by atoms with E-state index < -0.39 is 5.91 Å². The Kier molecular flexibility index (Phi) is 5.01. The average Bonchev–Trinajstić information content (AvgIpc) is 2.50. The number of halogens is 1. The van der Waals surface area contributed by atoms with Gasteiger partial charge in [-0.15, -0.1) is 0 Å². The van der Waals surface area contributed by atoms with Crippen LogP contribution in [0.4, 0.5) is 0 Å². The summed E-state index contributed by atoms with van der Waals surface area (Å²) in [4.78, 5) is 23.6. The molecule has 0 aliphatic rings. The van der Waals surface area contributed by atoms with Gasteiger partial charge in [0.25, 0.3) is 5.91 Å². The SMILES string of the molecule is Cc1ccc(C(=O)NNC(=O)Cc2ccc(Cl)cc2)cc1O. The lowest BCUT2D eigenvalue weighted by atomic mass is 10.1. The number of nitrogens with one attached hydrogen (secondary N) is 2. The second-order valence-corrected chi connectivity index (χ2v) is 5.24. The van der Waals surface area contributed by atoms with Gasteiger partial charge in [-0.2, -0.15) is 0 Å². The van der Waals surface area contributed by atoms with E-state index in [1.165, 1.54) is 6.07 Å². The topological polar surface area (TPSA) is 78.4 Å². The third kappa shape index (κ3) is 4.23. The summed E-state index contributed by atoms with van der Waals surface area (Å²) in [6.45, 7) is 1.73. The highest BCUT2D eigenvalue weighted by Crippen LogP contribution is 2.17. The molecule has 2 rings (SSSR count). The van der Waals surface area contributed by atoms with Crippen LogP contribution >= 0.6 is 11.6 Å². The highest BCUT2D eigenvalue weighted by Gasteiger charge is 2.09. The maximum Gasteiger partial charge on any atom is 0.269 e. The Balaban J connectivity index is 1.88. The maximum absolute atomic E-state index is 11.9. The number of aromatic hydroxyl groups is 1. The highest BCUT2D eigenvalue weighted by molar-refractivity contribution is 6.30. The van der Waals surface area contributed by atoms with Crippen molar-refractivity contribution in [3.05, 3.63) is 64.2 Å². The molecule has 6 heteroatoms. The minimum Gasteiger partial charge on any atom is -0.508 e. The van der Waals surface area contributed by atoms with Gasteiger partial charge in [0, 0.05) is 10.6 Å². The second kappa shape index (κ2) is 6.95. The predicted octanol–water partition coefficient (Wildman–Crippen LogP) is 2.36. The fraction of sp³-hybridized carbons (Fsp3) is 0.125. The first-order valence-electron chi connectivity index (χ1n) is 6.59. The molecule has 0 radical (unpaired) electrons. The van der Waals surface area contributed by atoms with E-state index in [4.69, 9.17) is 11.6 Å². The van der Waals surface area contributed by atoms with E-state index in [2.05, 4.69) is 10.9 Å².